The Bertz CT molecular complexity index is 1500. The van der Waals surface area contributed by atoms with Crippen LogP contribution in [-0.4, -0.2) is 36.4 Å². The van der Waals surface area contributed by atoms with Crippen LogP contribution in [0.5, 0.6) is 0 Å². The lowest BCUT2D eigenvalue weighted by Gasteiger charge is -2.15. The fourth-order valence-corrected chi connectivity index (χ4v) is 11.0. The van der Waals surface area contributed by atoms with Gasteiger partial charge in [0.1, 0.15) is 6.61 Å². The minimum Gasteiger partial charge on any atom is -0.462 e. The lowest BCUT2D eigenvalue weighted by Crippen LogP contribution is -2.28. The molecule has 0 aromatic rings. The molecule has 0 radical (unpaired) electrons. The van der Waals surface area contributed by atoms with Crippen LogP contribution in [0.25, 0.3) is 0 Å². The molecular formula is C78H140O5. The summed E-state index contributed by atoms with van der Waals surface area (Å²) >= 11 is 0. The lowest BCUT2D eigenvalue weighted by molar-refractivity contribution is -0.161. The molecule has 0 spiro atoms. The van der Waals surface area contributed by atoms with Gasteiger partial charge in [-0.15, -0.1) is 0 Å². The quantitative estimate of drug-likeness (QED) is 0.0373. The van der Waals surface area contributed by atoms with E-state index in [-0.39, 0.29) is 25.2 Å². The molecule has 0 heterocycles. The maximum atomic E-state index is 12.4. The van der Waals surface area contributed by atoms with Crippen molar-refractivity contribution in [2.45, 2.75) is 386 Å². The highest BCUT2D eigenvalue weighted by Gasteiger charge is 2.16. The molecule has 0 aromatic carbocycles. The monoisotopic (exact) mass is 1160 g/mol. The predicted molar refractivity (Wildman–Crippen MR) is 366 cm³/mol. The van der Waals surface area contributed by atoms with Crippen molar-refractivity contribution in [2.75, 3.05) is 13.2 Å². The second kappa shape index (κ2) is 73.3. The van der Waals surface area contributed by atoms with Crippen LogP contribution in [0.3, 0.4) is 0 Å². The Labute approximate surface area is 517 Å². The van der Waals surface area contributed by atoms with Gasteiger partial charge in [0.05, 0.1) is 6.61 Å². The Morgan fingerprint density at radius 3 is 0.783 bits per heavy atom. The summed E-state index contributed by atoms with van der Waals surface area (Å²) in [5.74, 6) is -0.569. The summed E-state index contributed by atoms with van der Waals surface area (Å²) in [4.78, 5) is 24.7. The molecule has 5 nitrogen and oxygen atoms in total. The fourth-order valence-electron chi connectivity index (χ4n) is 11.0. The number of carbonyl (C=O) groups is 2. The molecule has 0 saturated carbocycles. The number of hydrogen-bond donors (Lipinski definition) is 1. The summed E-state index contributed by atoms with van der Waals surface area (Å²) in [6.07, 6.45) is 103. The van der Waals surface area contributed by atoms with Gasteiger partial charge >= 0.3 is 11.9 Å². The molecular weight excluding hydrogens is 1020 g/mol. The van der Waals surface area contributed by atoms with E-state index in [0.717, 1.165) is 77.0 Å². The van der Waals surface area contributed by atoms with Gasteiger partial charge in [-0.1, -0.05) is 381 Å². The molecule has 0 aliphatic heterocycles. The highest BCUT2D eigenvalue weighted by atomic mass is 16.6. The predicted octanol–water partition coefficient (Wildman–Crippen LogP) is 25.6. The van der Waals surface area contributed by atoms with Crippen LogP contribution in [0.4, 0.5) is 0 Å². The Balaban J connectivity index is 3.42. The third kappa shape index (κ3) is 71.5. The Kier molecular flexibility index (Phi) is 70.8. The minimum atomic E-state index is -0.773. The van der Waals surface area contributed by atoms with E-state index in [1.54, 1.807) is 0 Å². The van der Waals surface area contributed by atoms with Crippen molar-refractivity contribution in [3.05, 3.63) is 85.1 Å². The van der Waals surface area contributed by atoms with E-state index < -0.39 is 6.10 Å². The van der Waals surface area contributed by atoms with Crippen LogP contribution in [0.1, 0.15) is 380 Å². The molecule has 0 bridgehead atoms. The van der Waals surface area contributed by atoms with Crippen LogP contribution in [-0.2, 0) is 19.1 Å². The fraction of sp³-hybridized carbons (Fsp3) is 0.795. The zero-order valence-corrected chi connectivity index (χ0v) is 55.5. The van der Waals surface area contributed by atoms with Gasteiger partial charge in [0.15, 0.2) is 6.10 Å². The number of ether oxygens (including phenoxy) is 2. The summed E-state index contributed by atoms with van der Waals surface area (Å²) in [5.41, 5.74) is 0. The summed E-state index contributed by atoms with van der Waals surface area (Å²) in [6.45, 7) is 4.08. The maximum Gasteiger partial charge on any atom is 0.306 e. The van der Waals surface area contributed by atoms with Crippen molar-refractivity contribution in [1.82, 2.24) is 0 Å². The molecule has 0 saturated heterocycles. The van der Waals surface area contributed by atoms with Crippen LogP contribution in [0.15, 0.2) is 85.1 Å². The first-order valence-corrected chi connectivity index (χ1v) is 36.6. The number of allylic oxidation sites excluding steroid dienone is 14. The molecule has 1 N–H and O–H groups in total. The van der Waals surface area contributed by atoms with Gasteiger partial charge in [-0.2, -0.15) is 0 Å². The number of rotatable bonds is 68. The zero-order valence-electron chi connectivity index (χ0n) is 55.5. The Morgan fingerprint density at radius 1 is 0.289 bits per heavy atom. The largest absolute Gasteiger partial charge is 0.462 e. The van der Waals surface area contributed by atoms with E-state index in [0.29, 0.717) is 12.8 Å². The molecule has 0 aliphatic rings. The normalized spacial score (nSPS) is 12.7. The van der Waals surface area contributed by atoms with Gasteiger partial charge in [0.2, 0.25) is 0 Å². The number of aliphatic hydroxyl groups is 1. The molecule has 0 rings (SSSR count). The van der Waals surface area contributed by atoms with Gasteiger partial charge in [-0.05, 0) is 70.6 Å². The molecule has 0 aliphatic carbocycles. The van der Waals surface area contributed by atoms with E-state index in [1.807, 2.05) is 0 Å². The van der Waals surface area contributed by atoms with Crippen LogP contribution < -0.4 is 0 Å². The van der Waals surface area contributed by atoms with Crippen molar-refractivity contribution in [1.29, 1.82) is 0 Å². The molecule has 1 unspecified atom stereocenters. The molecule has 1 atom stereocenters. The van der Waals surface area contributed by atoms with Gasteiger partial charge in [0.25, 0.3) is 0 Å². The van der Waals surface area contributed by atoms with Crippen molar-refractivity contribution < 1.29 is 24.2 Å². The average molecular weight is 1160 g/mol. The van der Waals surface area contributed by atoms with E-state index in [9.17, 15) is 14.7 Å². The van der Waals surface area contributed by atoms with E-state index in [4.69, 9.17) is 9.47 Å². The molecule has 0 aromatic heterocycles. The topological polar surface area (TPSA) is 72.8 Å². The smallest absolute Gasteiger partial charge is 0.306 e. The van der Waals surface area contributed by atoms with Crippen LogP contribution >= 0.6 is 0 Å². The summed E-state index contributed by atoms with van der Waals surface area (Å²) in [7, 11) is 0. The maximum absolute atomic E-state index is 12.4. The highest BCUT2D eigenvalue weighted by Crippen LogP contribution is 2.19. The number of unbranched alkanes of at least 4 members (excludes halogenated alkanes) is 46. The third-order valence-corrected chi connectivity index (χ3v) is 16.5. The van der Waals surface area contributed by atoms with Gasteiger partial charge in [-0.3, -0.25) is 9.59 Å². The number of hydrogen-bond acceptors (Lipinski definition) is 5. The van der Waals surface area contributed by atoms with Crippen LogP contribution in [0, 0.1) is 0 Å². The molecule has 83 heavy (non-hydrogen) atoms. The number of aliphatic hydroxyl groups excluding tert-OH is 1. The molecule has 0 fully saturated rings. The van der Waals surface area contributed by atoms with Crippen LogP contribution in [0.2, 0.25) is 0 Å². The summed E-state index contributed by atoms with van der Waals surface area (Å²) in [5, 5.41) is 9.71. The minimum absolute atomic E-state index is 0.0613. The van der Waals surface area contributed by atoms with Gasteiger partial charge < -0.3 is 14.6 Å². The summed E-state index contributed by atoms with van der Waals surface area (Å²) in [6, 6.07) is 0. The van der Waals surface area contributed by atoms with E-state index >= 15 is 0 Å². The Morgan fingerprint density at radius 2 is 0.518 bits per heavy atom. The van der Waals surface area contributed by atoms with Gasteiger partial charge in [0, 0.05) is 12.8 Å². The molecule has 5 heteroatoms. The van der Waals surface area contributed by atoms with Gasteiger partial charge in [-0.25, -0.2) is 0 Å². The van der Waals surface area contributed by atoms with E-state index in [2.05, 4.69) is 98.9 Å². The molecule has 482 valence electrons. The Hall–Kier alpha value is -2.92. The van der Waals surface area contributed by atoms with Crippen molar-refractivity contribution >= 4 is 11.9 Å². The van der Waals surface area contributed by atoms with Crippen molar-refractivity contribution in [3.63, 3.8) is 0 Å². The number of carbonyl (C=O) groups excluding carboxylic acids is 2. The van der Waals surface area contributed by atoms with Crippen molar-refractivity contribution in [2.24, 2.45) is 0 Å². The standard InChI is InChI=1S/C78H140O5/c1-3-5-7-9-11-13-15-17-19-21-23-25-27-29-31-33-34-35-36-37-38-39-40-41-42-43-44-45-47-49-51-53-55-57-59-61-63-65-67-69-71-73-78(81)83-76(74-79)75-82-77(80)72-70-68-66-64-62-60-58-56-54-52-50-48-46-32-30-28-26-24-22-20-18-16-14-12-10-8-6-4-2/h5,7,11,13,17,19,23,25,29,31,34-35,37-38,76,79H,3-4,6,8-10,12,14-16,18,20-22,24,26-28,30,32-33,36,39-75H2,1-2H3/b7-5-,13-11-,19-17-,25-23-,31-29-,35-34-,38-37-. The first-order chi connectivity index (χ1) is 41.1. The number of esters is 2. The second-order valence-corrected chi connectivity index (χ2v) is 24.7. The second-order valence-electron chi connectivity index (χ2n) is 24.7. The van der Waals surface area contributed by atoms with E-state index in [1.165, 1.54) is 276 Å². The highest BCUT2D eigenvalue weighted by molar-refractivity contribution is 5.70. The third-order valence-electron chi connectivity index (χ3n) is 16.5. The van der Waals surface area contributed by atoms with Crippen molar-refractivity contribution in [3.8, 4) is 0 Å². The first kappa shape index (κ1) is 80.1. The summed E-state index contributed by atoms with van der Waals surface area (Å²) < 4.78 is 10.8. The zero-order chi connectivity index (χ0) is 59.8. The SMILES string of the molecule is CC/C=C\C/C=C\C/C=C\C/C=C\C/C=C\C/C=C\C/C=C\CCCCCCCCCCCCCCCCCCCCCC(=O)OC(CO)COC(=O)CCCCCCCCCCCCCCCCCCCCCCCCCCCCCC. The molecule has 0 amide bonds. The lowest BCUT2D eigenvalue weighted by atomic mass is 10.0. The first-order valence-electron chi connectivity index (χ1n) is 36.6. The average Bonchev–Trinajstić information content (AvgIpc) is 3.49.